The van der Waals surface area contributed by atoms with E-state index in [9.17, 15) is 4.79 Å². The molecule has 1 saturated heterocycles. The first-order valence-electron chi connectivity index (χ1n) is 8.30. The Morgan fingerprint density at radius 2 is 1.58 bits per heavy atom. The first-order chi connectivity index (χ1) is 9.25. The third kappa shape index (κ3) is 2.81. The molecule has 3 atom stereocenters. The van der Waals surface area contributed by atoms with Crippen molar-refractivity contribution < 1.29 is 4.79 Å². The predicted octanol–water partition coefficient (Wildman–Crippen LogP) is 2.54. The molecule has 3 heteroatoms. The molecule has 3 fully saturated rings. The van der Waals surface area contributed by atoms with E-state index in [4.69, 9.17) is 5.73 Å². The molecule has 0 bridgehead atoms. The second-order valence-corrected chi connectivity index (χ2v) is 6.95. The predicted molar refractivity (Wildman–Crippen MR) is 76.6 cm³/mol. The summed E-state index contributed by atoms with van der Waals surface area (Å²) >= 11 is 0. The third-order valence-electron chi connectivity index (χ3n) is 5.68. The summed E-state index contributed by atoms with van der Waals surface area (Å²) in [6.45, 7) is 1.94. The maximum atomic E-state index is 12.7. The zero-order valence-electron chi connectivity index (χ0n) is 12.0. The smallest absolute Gasteiger partial charge is 0.225 e. The van der Waals surface area contributed by atoms with Gasteiger partial charge in [-0.05, 0) is 37.5 Å². The monoisotopic (exact) mass is 264 g/mol. The van der Waals surface area contributed by atoms with Gasteiger partial charge in [0.1, 0.15) is 0 Å². The Morgan fingerprint density at radius 1 is 0.895 bits per heavy atom. The van der Waals surface area contributed by atoms with Crippen molar-refractivity contribution in [3.05, 3.63) is 0 Å². The van der Waals surface area contributed by atoms with Crippen LogP contribution in [0.25, 0.3) is 0 Å². The number of carbonyl (C=O) groups is 1. The molecule has 1 heterocycles. The minimum Gasteiger partial charge on any atom is -0.342 e. The van der Waals surface area contributed by atoms with Crippen molar-refractivity contribution >= 4 is 5.91 Å². The summed E-state index contributed by atoms with van der Waals surface area (Å²) in [5.41, 5.74) is 6.17. The van der Waals surface area contributed by atoms with E-state index < -0.39 is 0 Å². The van der Waals surface area contributed by atoms with Gasteiger partial charge in [-0.3, -0.25) is 4.79 Å². The summed E-state index contributed by atoms with van der Waals surface area (Å²) in [5.74, 6) is 2.06. The molecule has 0 spiro atoms. The second-order valence-electron chi connectivity index (χ2n) is 6.95. The topological polar surface area (TPSA) is 46.3 Å². The first-order valence-corrected chi connectivity index (χ1v) is 8.30. The minimum atomic E-state index is 0.315. The molecular weight excluding hydrogens is 236 g/mol. The van der Waals surface area contributed by atoms with Gasteiger partial charge in [0.2, 0.25) is 5.91 Å². The third-order valence-corrected chi connectivity index (χ3v) is 5.68. The van der Waals surface area contributed by atoms with Crippen molar-refractivity contribution in [2.45, 2.75) is 63.8 Å². The highest BCUT2D eigenvalue weighted by atomic mass is 16.2. The molecule has 0 aromatic rings. The van der Waals surface area contributed by atoms with Gasteiger partial charge in [-0.1, -0.05) is 32.1 Å². The van der Waals surface area contributed by atoms with Gasteiger partial charge >= 0.3 is 0 Å². The number of amides is 1. The van der Waals surface area contributed by atoms with Crippen LogP contribution in [-0.4, -0.2) is 29.9 Å². The lowest BCUT2D eigenvalue weighted by Gasteiger charge is -2.26. The van der Waals surface area contributed by atoms with E-state index in [-0.39, 0.29) is 0 Å². The molecule has 2 aliphatic carbocycles. The number of nitrogens with zero attached hydrogens (tertiary/aromatic N) is 1. The van der Waals surface area contributed by atoms with Crippen LogP contribution in [0.1, 0.15) is 57.8 Å². The number of likely N-dealkylation sites (tertiary alicyclic amines) is 1. The fraction of sp³-hybridized carbons (Fsp3) is 0.938. The number of hydrogen-bond donors (Lipinski definition) is 1. The van der Waals surface area contributed by atoms with Gasteiger partial charge in [-0.15, -0.1) is 0 Å². The Morgan fingerprint density at radius 3 is 2.26 bits per heavy atom. The van der Waals surface area contributed by atoms with Crippen LogP contribution in [0.3, 0.4) is 0 Å². The van der Waals surface area contributed by atoms with Gasteiger partial charge in [-0.2, -0.15) is 0 Å². The van der Waals surface area contributed by atoms with Crippen LogP contribution in [0.4, 0.5) is 0 Å². The maximum Gasteiger partial charge on any atom is 0.225 e. The summed E-state index contributed by atoms with van der Waals surface area (Å²) < 4.78 is 0. The van der Waals surface area contributed by atoms with E-state index in [0.29, 0.717) is 29.7 Å². The Labute approximate surface area is 116 Å². The fourth-order valence-corrected chi connectivity index (χ4v) is 4.45. The average molecular weight is 264 g/mol. The van der Waals surface area contributed by atoms with Crippen molar-refractivity contribution in [2.75, 3.05) is 13.1 Å². The molecule has 0 aromatic carbocycles. The molecule has 3 aliphatic rings. The highest BCUT2D eigenvalue weighted by Crippen LogP contribution is 2.38. The molecule has 3 rings (SSSR count). The van der Waals surface area contributed by atoms with Crippen molar-refractivity contribution in [1.29, 1.82) is 0 Å². The van der Waals surface area contributed by atoms with Crippen molar-refractivity contribution in [3.63, 3.8) is 0 Å². The Kier molecular flexibility index (Phi) is 4.11. The summed E-state index contributed by atoms with van der Waals surface area (Å²) in [6, 6.07) is 0.347. The molecular formula is C16H28N2O. The summed E-state index contributed by atoms with van der Waals surface area (Å²) in [4.78, 5) is 14.8. The fourth-order valence-electron chi connectivity index (χ4n) is 4.45. The number of rotatable bonds is 1. The lowest BCUT2D eigenvalue weighted by atomic mass is 9.90. The molecule has 1 aliphatic heterocycles. The second kappa shape index (κ2) is 5.82. The van der Waals surface area contributed by atoms with Gasteiger partial charge in [0.25, 0.3) is 0 Å². The van der Waals surface area contributed by atoms with E-state index >= 15 is 0 Å². The molecule has 1 amide bonds. The molecule has 0 aromatic heterocycles. The van der Waals surface area contributed by atoms with Crippen LogP contribution >= 0.6 is 0 Å². The average Bonchev–Trinajstić information content (AvgIpc) is 2.91. The molecule has 2 N–H and O–H groups in total. The summed E-state index contributed by atoms with van der Waals surface area (Å²) in [6.07, 6.45) is 11.1. The van der Waals surface area contributed by atoms with Gasteiger partial charge in [0, 0.05) is 25.0 Å². The summed E-state index contributed by atoms with van der Waals surface area (Å²) in [5, 5.41) is 0. The summed E-state index contributed by atoms with van der Waals surface area (Å²) in [7, 11) is 0. The molecule has 3 nitrogen and oxygen atoms in total. The van der Waals surface area contributed by atoms with E-state index in [1.807, 2.05) is 0 Å². The quantitative estimate of drug-likeness (QED) is 0.791. The molecule has 108 valence electrons. The van der Waals surface area contributed by atoms with E-state index in [2.05, 4.69) is 4.90 Å². The lowest BCUT2D eigenvalue weighted by Crippen LogP contribution is -2.37. The maximum absolute atomic E-state index is 12.7. The van der Waals surface area contributed by atoms with Crippen LogP contribution in [0.2, 0.25) is 0 Å². The van der Waals surface area contributed by atoms with E-state index in [1.54, 1.807) is 0 Å². The zero-order valence-corrected chi connectivity index (χ0v) is 12.0. The SMILES string of the molecule is NC1CCC2CN(C(=O)C3CCCCCCC3)CC12. The van der Waals surface area contributed by atoms with Gasteiger partial charge < -0.3 is 10.6 Å². The lowest BCUT2D eigenvalue weighted by molar-refractivity contribution is -0.135. The van der Waals surface area contributed by atoms with Crippen molar-refractivity contribution in [2.24, 2.45) is 23.5 Å². The molecule has 19 heavy (non-hydrogen) atoms. The molecule has 2 saturated carbocycles. The molecule has 0 radical (unpaired) electrons. The highest BCUT2D eigenvalue weighted by molar-refractivity contribution is 5.79. The van der Waals surface area contributed by atoms with Crippen LogP contribution in [0.5, 0.6) is 0 Å². The van der Waals surface area contributed by atoms with Crippen molar-refractivity contribution in [1.82, 2.24) is 4.90 Å². The number of fused-ring (bicyclic) bond motifs is 1. The minimum absolute atomic E-state index is 0.315. The van der Waals surface area contributed by atoms with Crippen LogP contribution in [-0.2, 0) is 4.79 Å². The van der Waals surface area contributed by atoms with Gasteiger partial charge in [0.05, 0.1) is 0 Å². The van der Waals surface area contributed by atoms with Crippen molar-refractivity contribution in [3.8, 4) is 0 Å². The van der Waals surface area contributed by atoms with Crippen LogP contribution < -0.4 is 5.73 Å². The van der Waals surface area contributed by atoms with E-state index in [0.717, 1.165) is 25.9 Å². The molecule has 3 unspecified atom stereocenters. The Hall–Kier alpha value is -0.570. The number of carbonyl (C=O) groups excluding carboxylic acids is 1. The van der Waals surface area contributed by atoms with E-state index in [1.165, 1.54) is 44.9 Å². The number of nitrogens with two attached hydrogens (primary N) is 1. The van der Waals surface area contributed by atoms with Gasteiger partial charge in [0.15, 0.2) is 0 Å². The van der Waals surface area contributed by atoms with Crippen LogP contribution in [0, 0.1) is 17.8 Å². The standard InChI is InChI=1S/C16H28N2O/c17-15-9-8-13-10-18(11-14(13)15)16(19)12-6-4-2-1-3-5-7-12/h12-15H,1-11,17H2. The Bertz CT molecular complexity index is 323. The first kappa shape index (κ1) is 13.4. The number of hydrogen-bond acceptors (Lipinski definition) is 2. The van der Waals surface area contributed by atoms with Crippen LogP contribution in [0.15, 0.2) is 0 Å². The Balaban J connectivity index is 1.58. The largest absolute Gasteiger partial charge is 0.342 e. The normalized spacial score (nSPS) is 36.9. The highest BCUT2D eigenvalue weighted by Gasteiger charge is 2.43. The zero-order chi connectivity index (χ0) is 13.2. The van der Waals surface area contributed by atoms with Gasteiger partial charge in [-0.25, -0.2) is 0 Å².